The van der Waals surface area contributed by atoms with Crippen molar-refractivity contribution in [3.8, 4) is 0 Å². The van der Waals surface area contributed by atoms with Gasteiger partial charge in [0.2, 0.25) is 15.9 Å². The van der Waals surface area contributed by atoms with Gasteiger partial charge in [-0.05, 0) is 47.0 Å². The predicted molar refractivity (Wildman–Crippen MR) is 114 cm³/mol. The minimum Gasteiger partial charge on any atom is -0.341 e. The average molecular weight is 462 g/mol. The number of nitrogens with one attached hydrogen (secondary N) is 1. The molecule has 1 aliphatic rings. The van der Waals surface area contributed by atoms with Gasteiger partial charge in [0, 0.05) is 19.5 Å². The van der Waals surface area contributed by atoms with Gasteiger partial charge in [-0.1, -0.05) is 42.5 Å². The van der Waals surface area contributed by atoms with E-state index in [9.17, 15) is 26.4 Å². The van der Waals surface area contributed by atoms with Gasteiger partial charge in [-0.3, -0.25) is 4.79 Å². The van der Waals surface area contributed by atoms with Crippen molar-refractivity contribution < 1.29 is 26.4 Å². The van der Waals surface area contributed by atoms with E-state index in [2.05, 4.69) is 4.72 Å². The molecule has 1 unspecified atom stereocenters. The molecule has 1 N–H and O–H groups in total. The summed E-state index contributed by atoms with van der Waals surface area (Å²) in [5.41, 5.74) is -0.735. The third kappa shape index (κ3) is 4.78. The van der Waals surface area contributed by atoms with Crippen LogP contribution in [0.3, 0.4) is 0 Å². The van der Waals surface area contributed by atoms with Crippen LogP contribution in [0.5, 0.6) is 0 Å². The summed E-state index contributed by atoms with van der Waals surface area (Å²) in [6.07, 6.45) is -3.60. The molecule has 1 aliphatic heterocycles. The quantitative estimate of drug-likeness (QED) is 0.587. The van der Waals surface area contributed by atoms with E-state index in [0.717, 1.165) is 22.9 Å². The fourth-order valence-electron chi connectivity index (χ4n) is 3.85. The molecule has 9 heteroatoms. The van der Waals surface area contributed by atoms with Gasteiger partial charge >= 0.3 is 6.18 Å². The zero-order valence-corrected chi connectivity index (χ0v) is 17.8. The normalized spacial score (nSPS) is 16.0. The van der Waals surface area contributed by atoms with Gasteiger partial charge in [-0.25, -0.2) is 13.1 Å². The summed E-state index contributed by atoms with van der Waals surface area (Å²) in [6, 6.07) is 15.4. The van der Waals surface area contributed by atoms with E-state index < -0.39 is 27.8 Å². The van der Waals surface area contributed by atoms with Crippen molar-refractivity contribution in [1.82, 2.24) is 9.62 Å². The lowest BCUT2D eigenvalue weighted by atomic mass is 10.0. The summed E-state index contributed by atoms with van der Waals surface area (Å²) < 4.78 is 68.6. The Morgan fingerprint density at radius 2 is 1.72 bits per heavy atom. The first-order valence-corrected chi connectivity index (χ1v) is 11.6. The highest BCUT2D eigenvalue weighted by atomic mass is 32.2. The maximum absolute atomic E-state index is 13.2. The number of fused-ring (bicyclic) bond motifs is 1. The van der Waals surface area contributed by atoms with Crippen LogP contribution in [-0.2, 0) is 21.0 Å². The van der Waals surface area contributed by atoms with Gasteiger partial charge in [0.25, 0.3) is 0 Å². The minimum atomic E-state index is -4.57. The summed E-state index contributed by atoms with van der Waals surface area (Å²) in [7, 11) is -4.08. The highest BCUT2D eigenvalue weighted by Crippen LogP contribution is 2.32. The van der Waals surface area contributed by atoms with Crippen LogP contribution in [0.25, 0.3) is 10.8 Å². The Labute approximate surface area is 183 Å². The number of hydrogen-bond donors (Lipinski definition) is 1. The van der Waals surface area contributed by atoms with Gasteiger partial charge in [-0.15, -0.1) is 0 Å². The lowest BCUT2D eigenvalue weighted by Gasteiger charge is -2.25. The molecule has 4 rings (SSSR count). The second-order valence-electron chi connectivity index (χ2n) is 7.75. The molecule has 0 radical (unpaired) electrons. The van der Waals surface area contributed by atoms with Crippen LogP contribution in [-0.4, -0.2) is 32.3 Å². The molecular formula is C23H21F3N2O3S. The van der Waals surface area contributed by atoms with E-state index in [1.807, 2.05) is 12.1 Å². The zero-order valence-electron chi connectivity index (χ0n) is 17.0. The first-order valence-electron chi connectivity index (χ1n) is 10.1. The SMILES string of the molecule is O=C1CCCN1CC(NS(=O)(=O)c1ccc2ccccc2c1)c1cccc(C(F)(F)F)c1. The number of rotatable bonds is 6. The molecule has 0 aliphatic carbocycles. The van der Waals surface area contributed by atoms with Gasteiger partial charge < -0.3 is 4.90 Å². The Kier molecular flexibility index (Phi) is 5.96. The number of hydrogen-bond acceptors (Lipinski definition) is 3. The van der Waals surface area contributed by atoms with Crippen molar-refractivity contribution in [2.75, 3.05) is 13.1 Å². The number of carbonyl (C=O) groups is 1. The Balaban J connectivity index is 1.69. The van der Waals surface area contributed by atoms with E-state index in [4.69, 9.17) is 0 Å². The van der Waals surface area contributed by atoms with Crippen molar-refractivity contribution in [2.45, 2.75) is 30.0 Å². The molecule has 1 atom stereocenters. The van der Waals surface area contributed by atoms with Crippen molar-refractivity contribution >= 4 is 26.7 Å². The molecule has 32 heavy (non-hydrogen) atoms. The molecule has 0 bridgehead atoms. The Bertz CT molecular complexity index is 1260. The number of halogens is 3. The number of likely N-dealkylation sites (tertiary alicyclic amines) is 1. The highest BCUT2D eigenvalue weighted by Gasteiger charge is 2.33. The van der Waals surface area contributed by atoms with Crippen LogP contribution in [0, 0.1) is 0 Å². The van der Waals surface area contributed by atoms with Crippen LogP contribution in [0.4, 0.5) is 13.2 Å². The summed E-state index contributed by atoms with van der Waals surface area (Å²) in [5.74, 6) is -0.146. The molecule has 3 aromatic rings. The predicted octanol–water partition coefficient (Wildman–Crippen LogP) is 4.50. The van der Waals surface area contributed by atoms with Crippen LogP contribution >= 0.6 is 0 Å². The summed E-state index contributed by atoms with van der Waals surface area (Å²) in [6.45, 7) is 0.388. The molecule has 1 amide bonds. The van der Waals surface area contributed by atoms with Gasteiger partial charge in [-0.2, -0.15) is 13.2 Å². The number of nitrogens with zero attached hydrogens (tertiary/aromatic N) is 1. The van der Waals surface area contributed by atoms with Crippen LogP contribution < -0.4 is 4.72 Å². The maximum atomic E-state index is 13.2. The summed E-state index contributed by atoms with van der Waals surface area (Å²) in [4.78, 5) is 13.6. The average Bonchev–Trinajstić information content (AvgIpc) is 3.16. The van der Waals surface area contributed by atoms with E-state index in [0.29, 0.717) is 19.4 Å². The molecule has 168 valence electrons. The number of benzene rings is 3. The maximum Gasteiger partial charge on any atom is 0.416 e. The number of carbonyl (C=O) groups excluding carboxylic acids is 1. The molecule has 0 saturated carbocycles. The number of alkyl halides is 3. The highest BCUT2D eigenvalue weighted by molar-refractivity contribution is 7.89. The van der Waals surface area contributed by atoms with Crippen molar-refractivity contribution in [3.05, 3.63) is 77.9 Å². The molecule has 0 aromatic heterocycles. The van der Waals surface area contributed by atoms with Crippen molar-refractivity contribution in [3.63, 3.8) is 0 Å². The van der Waals surface area contributed by atoms with Crippen LogP contribution in [0.1, 0.15) is 30.0 Å². The van der Waals surface area contributed by atoms with Gasteiger partial charge in [0.05, 0.1) is 16.5 Å². The zero-order chi connectivity index (χ0) is 22.9. The molecule has 5 nitrogen and oxygen atoms in total. The lowest BCUT2D eigenvalue weighted by molar-refractivity contribution is -0.137. The van der Waals surface area contributed by atoms with Crippen LogP contribution in [0.2, 0.25) is 0 Å². The van der Waals surface area contributed by atoms with Gasteiger partial charge in [0.15, 0.2) is 0 Å². The van der Waals surface area contributed by atoms with E-state index in [1.165, 1.54) is 29.2 Å². The first-order chi connectivity index (χ1) is 15.1. The smallest absolute Gasteiger partial charge is 0.341 e. The second-order valence-corrected chi connectivity index (χ2v) is 9.46. The van der Waals surface area contributed by atoms with E-state index in [-0.39, 0.29) is 22.9 Å². The molecular weight excluding hydrogens is 441 g/mol. The minimum absolute atomic E-state index is 0.000856. The van der Waals surface area contributed by atoms with Gasteiger partial charge in [0.1, 0.15) is 0 Å². The molecule has 1 fully saturated rings. The topological polar surface area (TPSA) is 66.5 Å². The van der Waals surface area contributed by atoms with E-state index >= 15 is 0 Å². The summed E-state index contributed by atoms with van der Waals surface area (Å²) >= 11 is 0. The Morgan fingerprint density at radius 1 is 0.969 bits per heavy atom. The molecule has 0 spiro atoms. The van der Waals surface area contributed by atoms with E-state index in [1.54, 1.807) is 18.2 Å². The monoisotopic (exact) mass is 462 g/mol. The Morgan fingerprint density at radius 3 is 2.41 bits per heavy atom. The number of sulfonamides is 1. The second kappa shape index (κ2) is 8.55. The fraction of sp³-hybridized carbons (Fsp3) is 0.261. The lowest BCUT2D eigenvalue weighted by Crippen LogP contribution is -2.38. The summed E-state index contributed by atoms with van der Waals surface area (Å²) in [5, 5.41) is 1.59. The molecule has 3 aromatic carbocycles. The fourth-order valence-corrected chi connectivity index (χ4v) is 5.10. The molecule has 1 heterocycles. The third-order valence-corrected chi connectivity index (χ3v) is 6.99. The van der Waals surface area contributed by atoms with Crippen molar-refractivity contribution in [1.29, 1.82) is 0 Å². The standard InChI is InChI=1S/C23H21F3N2O3S/c24-23(25,26)19-8-3-7-18(13-19)21(15-28-12-4-9-22(28)29)27-32(30,31)20-11-10-16-5-1-2-6-17(16)14-20/h1-3,5-8,10-11,13-14,21,27H,4,9,12,15H2. The third-order valence-electron chi connectivity index (χ3n) is 5.52. The largest absolute Gasteiger partial charge is 0.416 e. The Hall–Kier alpha value is -2.91. The molecule has 1 saturated heterocycles. The van der Waals surface area contributed by atoms with Crippen molar-refractivity contribution in [2.24, 2.45) is 0 Å². The number of amides is 1. The first kappa shape index (κ1) is 22.3. The van der Waals surface area contributed by atoms with Crippen LogP contribution in [0.15, 0.2) is 71.6 Å².